The van der Waals surface area contributed by atoms with Crippen LogP contribution >= 0.6 is 0 Å². The van der Waals surface area contributed by atoms with Crippen molar-refractivity contribution in [2.45, 2.75) is 50.7 Å². The van der Waals surface area contributed by atoms with E-state index in [1.54, 1.807) is 24.3 Å². The number of nitrogens with one attached hydrogen (secondary N) is 1. The van der Waals surface area contributed by atoms with Crippen LogP contribution in [-0.2, 0) is 21.2 Å². The molecule has 0 bridgehead atoms. The van der Waals surface area contributed by atoms with E-state index in [4.69, 9.17) is 9.47 Å². The number of non-ortho nitro benzene ring substituents is 1. The lowest BCUT2D eigenvalue weighted by atomic mass is 9.93. The van der Waals surface area contributed by atoms with E-state index >= 15 is 0 Å². The van der Waals surface area contributed by atoms with Crippen molar-refractivity contribution in [3.8, 4) is 11.5 Å². The van der Waals surface area contributed by atoms with Gasteiger partial charge in [-0.15, -0.1) is 0 Å². The van der Waals surface area contributed by atoms with Gasteiger partial charge in [0.25, 0.3) is 5.69 Å². The predicted molar refractivity (Wildman–Crippen MR) is 123 cm³/mol. The SMILES string of the molecule is CCCC[C@@H](Cc1ccc(OC(=O)Oc2ccc([N+](=O)[O-])cc2)cc1)C(=O)NS(=O)(=O)C1CC1. The van der Waals surface area contributed by atoms with Gasteiger partial charge in [0.05, 0.1) is 10.2 Å². The summed E-state index contributed by atoms with van der Waals surface area (Å²) >= 11 is 0. The first-order chi connectivity index (χ1) is 16.2. The summed E-state index contributed by atoms with van der Waals surface area (Å²) in [6.07, 6.45) is 2.72. The van der Waals surface area contributed by atoms with E-state index in [-0.39, 0.29) is 17.2 Å². The number of carbonyl (C=O) groups excluding carboxylic acids is 2. The van der Waals surface area contributed by atoms with Gasteiger partial charge < -0.3 is 9.47 Å². The molecule has 1 aliphatic rings. The largest absolute Gasteiger partial charge is 0.519 e. The van der Waals surface area contributed by atoms with Crippen LogP contribution in [0.15, 0.2) is 48.5 Å². The Labute approximate surface area is 197 Å². The number of ether oxygens (including phenoxy) is 2. The van der Waals surface area contributed by atoms with Gasteiger partial charge in [-0.25, -0.2) is 13.2 Å². The highest BCUT2D eigenvalue weighted by atomic mass is 32.2. The maximum absolute atomic E-state index is 12.6. The van der Waals surface area contributed by atoms with Gasteiger partial charge in [0.15, 0.2) is 0 Å². The molecule has 0 radical (unpaired) electrons. The minimum atomic E-state index is -3.61. The molecule has 3 rings (SSSR count). The van der Waals surface area contributed by atoms with Crippen molar-refractivity contribution in [1.29, 1.82) is 0 Å². The normalized spacial score (nSPS) is 14.1. The standard InChI is InChI=1S/C23H26N2O8S/c1-2-3-4-17(22(26)24-34(30,31)21-13-14-21)15-16-5-9-19(10-6-16)32-23(27)33-20-11-7-18(8-12-20)25(28)29/h5-12,17,21H,2-4,13-15H2,1H3,(H,24,26)/t17-/m0/s1. The molecular weight excluding hydrogens is 464 g/mol. The topological polar surface area (TPSA) is 142 Å². The molecule has 10 nitrogen and oxygen atoms in total. The average Bonchev–Trinajstić information content (AvgIpc) is 3.64. The van der Waals surface area contributed by atoms with Gasteiger partial charge in [-0.3, -0.25) is 19.6 Å². The number of nitro benzene ring substituents is 1. The first kappa shape index (κ1) is 25.2. The van der Waals surface area contributed by atoms with Crippen LogP contribution in [0.4, 0.5) is 10.5 Å². The first-order valence-corrected chi connectivity index (χ1v) is 12.5. The van der Waals surface area contributed by atoms with Crippen LogP contribution in [0.1, 0.15) is 44.6 Å². The van der Waals surface area contributed by atoms with Crippen LogP contribution in [0.3, 0.4) is 0 Å². The van der Waals surface area contributed by atoms with E-state index in [1.807, 2.05) is 6.92 Å². The number of nitrogens with zero attached hydrogens (tertiary/aromatic N) is 1. The summed E-state index contributed by atoms with van der Waals surface area (Å²) in [6, 6.07) is 11.5. The smallest absolute Gasteiger partial charge is 0.395 e. The number of hydrogen-bond acceptors (Lipinski definition) is 8. The zero-order valence-corrected chi connectivity index (χ0v) is 19.5. The Morgan fingerprint density at radius 3 is 2.12 bits per heavy atom. The third kappa shape index (κ3) is 7.27. The van der Waals surface area contributed by atoms with Gasteiger partial charge in [0.2, 0.25) is 15.9 Å². The Bertz CT molecular complexity index is 1130. The number of carbonyl (C=O) groups is 2. The Balaban J connectivity index is 1.57. The fourth-order valence-electron chi connectivity index (χ4n) is 3.29. The summed E-state index contributed by atoms with van der Waals surface area (Å²) in [5.41, 5.74) is 0.656. The van der Waals surface area contributed by atoms with Crippen LogP contribution in [0.2, 0.25) is 0 Å². The predicted octanol–water partition coefficient (Wildman–Crippen LogP) is 4.13. The van der Waals surface area contributed by atoms with E-state index in [0.717, 1.165) is 18.4 Å². The second kappa shape index (κ2) is 11.1. The quantitative estimate of drug-likeness (QED) is 0.214. The fraction of sp³-hybridized carbons (Fsp3) is 0.391. The fourth-order valence-corrected chi connectivity index (χ4v) is 4.66. The van der Waals surface area contributed by atoms with Gasteiger partial charge in [-0.05, 0) is 55.5 Å². The summed E-state index contributed by atoms with van der Waals surface area (Å²) in [4.78, 5) is 34.7. The summed E-state index contributed by atoms with van der Waals surface area (Å²) in [6.45, 7) is 2.00. The van der Waals surface area contributed by atoms with Gasteiger partial charge in [-0.1, -0.05) is 31.9 Å². The number of sulfonamides is 1. The molecule has 0 spiro atoms. The van der Waals surface area contributed by atoms with Crippen molar-refractivity contribution >= 4 is 27.8 Å². The van der Waals surface area contributed by atoms with E-state index in [2.05, 4.69) is 4.72 Å². The summed E-state index contributed by atoms with van der Waals surface area (Å²) in [5, 5.41) is 10.2. The molecule has 0 aliphatic heterocycles. The van der Waals surface area contributed by atoms with Gasteiger partial charge in [0, 0.05) is 18.1 Å². The van der Waals surface area contributed by atoms with Crippen LogP contribution in [-0.4, -0.2) is 30.7 Å². The molecule has 1 aliphatic carbocycles. The number of amides is 1. The molecule has 1 N–H and O–H groups in total. The molecule has 0 heterocycles. The van der Waals surface area contributed by atoms with Crippen LogP contribution < -0.4 is 14.2 Å². The lowest BCUT2D eigenvalue weighted by Crippen LogP contribution is -2.38. The molecule has 1 fully saturated rings. The summed E-state index contributed by atoms with van der Waals surface area (Å²) in [7, 11) is -3.61. The summed E-state index contributed by atoms with van der Waals surface area (Å²) < 4.78 is 36.6. The van der Waals surface area contributed by atoms with Gasteiger partial charge >= 0.3 is 6.16 Å². The van der Waals surface area contributed by atoms with Crippen molar-refractivity contribution in [2.75, 3.05) is 0 Å². The van der Waals surface area contributed by atoms with Crippen molar-refractivity contribution in [3.63, 3.8) is 0 Å². The molecule has 34 heavy (non-hydrogen) atoms. The number of benzene rings is 2. The minimum Gasteiger partial charge on any atom is -0.395 e. The van der Waals surface area contributed by atoms with E-state index < -0.39 is 38.2 Å². The molecule has 2 aromatic rings. The zero-order chi connectivity index (χ0) is 24.7. The van der Waals surface area contributed by atoms with Crippen molar-refractivity contribution in [2.24, 2.45) is 5.92 Å². The van der Waals surface area contributed by atoms with Gasteiger partial charge in [0.1, 0.15) is 11.5 Å². The Hall–Kier alpha value is -3.47. The molecule has 1 amide bonds. The van der Waals surface area contributed by atoms with Crippen LogP contribution in [0.5, 0.6) is 11.5 Å². The third-order valence-electron chi connectivity index (χ3n) is 5.34. The molecule has 0 unspecified atom stereocenters. The molecule has 11 heteroatoms. The second-order valence-corrected chi connectivity index (χ2v) is 10.1. The minimum absolute atomic E-state index is 0.0955. The molecule has 2 aromatic carbocycles. The molecule has 0 saturated heterocycles. The highest BCUT2D eigenvalue weighted by molar-refractivity contribution is 7.90. The van der Waals surface area contributed by atoms with Gasteiger partial charge in [-0.2, -0.15) is 0 Å². The Kier molecular flexibility index (Phi) is 8.21. The molecule has 1 atom stereocenters. The van der Waals surface area contributed by atoms with E-state index in [1.165, 1.54) is 24.3 Å². The highest BCUT2D eigenvalue weighted by Gasteiger charge is 2.37. The Morgan fingerprint density at radius 2 is 1.62 bits per heavy atom. The molecule has 0 aromatic heterocycles. The highest BCUT2D eigenvalue weighted by Crippen LogP contribution is 2.28. The molecular formula is C23H26N2O8S. The van der Waals surface area contributed by atoms with Crippen molar-refractivity contribution in [1.82, 2.24) is 4.72 Å². The lowest BCUT2D eigenvalue weighted by Gasteiger charge is -2.17. The lowest BCUT2D eigenvalue weighted by molar-refractivity contribution is -0.384. The monoisotopic (exact) mass is 490 g/mol. The van der Waals surface area contributed by atoms with E-state index in [9.17, 15) is 28.1 Å². The van der Waals surface area contributed by atoms with Crippen molar-refractivity contribution < 1.29 is 32.4 Å². The maximum atomic E-state index is 12.6. The molecule has 182 valence electrons. The Morgan fingerprint density at radius 1 is 1.06 bits per heavy atom. The van der Waals surface area contributed by atoms with E-state index in [0.29, 0.717) is 25.7 Å². The van der Waals surface area contributed by atoms with Crippen LogP contribution in [0, 0.1) is 16.0 Å². The zero-order valence-electron chi connectivity index (χ0n) is 18.6. The van der Waals surface area contributed by atoms with Crippen LogP contribution in [0.25, 0.3) is 0 Å². The third-order valence-corrected chi connectivity index (χ3v) is 7.17. The number of hydrogen-bond donors (Lipinski definition) is 1. The average molecular weight is 491 g/mol. The van der Waals surface area contributed by atoms with Crippen molar-refractivity contribution in [3.05, 3.63) is 64.2 Å². The number of nitro groups is 1. The number of rotatable bonds is 11. The molecule has 1 saturated carbocycles. The number of unbranched alkanes of at least 4 members (excludes halogenated alkanes) is 1. The first-order valence-electron chi connectivity index (χ1n) is 11.0. The second-order valence-electron chi connectivity index (χ2n) is 8.10. The summed E-state index contributed by atoms with van der Waals surface area (Å²) in [5.74, 6) is -0.681. The maximum Gasteiger partial charge on any atom is 0.519 e.